The maximum Gasteiger partial charge on any atom is 0.419 e. The lowest BCUT2D eigenvalue weighted by Gasteiger charge is -2.33. The highest BCUT2D eigenvalue weighted by atomic mass is 32.2. The number of halogens is 1. The number of furan rings is 1. The van der Waals surface area contributed by atoms with Crippen LogP contribution >= 0.6 is 0 Å². The van der Waals surface area contributed by atoms with Crippen molar-refractivity contribution in [2.24, 2.45) is 0 Å². The molecule has 1 fully saturated rings. The molecule has 36 heavy (non-hydrogen) atoms. The zero-order valence-electron chi connectivity index (χ0n) is 19.3. The first-order valence-electron chi connectivity index (χ1n) is 11.2. The van der Waals surface area contributed by atoms with Gasteiger partial charge >= 0.3 is 12.0 Å². The number of hydrogen-bond donors (Lipinski definition) is 1. The second kappa shape index (κ2) is 9.92. The Hall–Kier alpha value is -4.02. The Morgan fingerprint density at radius 2 is 1.81 bits per heavy atom. The second-order valence-electron chi connectivity index (χ2n) is 8.20. The van der Waals surface area contributed by atoms with Crippen molar-refractivity contribution in [1.29, 1.82) is 0 Å². The van der Waals surface area contributed by atoms with Gasteiger partial charge in [0.05, 0.1) is 5.39 Å². The highest BCUT2D eigenvalue weighted by molar-refractivity contribution is 7.90. The van der Waals surface area contributed by atoms with Crippen molar-refractivity contribution in [3.05, 3.63) is 84.4 Å². The third-order valence-electron chi connectivity index (χ3n) is 5.87. The number of ether oxygens (including phenoxy) is 1. The van der Waals surface area contributed by atoms with Crippen LogP contribution in [0.3, 0.4) is 0 Å². The summed E-state index contributed by atoms with van der Waals surface area (Å²) in [6.07, 6.45) is 0.346. The summed E-state index contributed by atoms with van der Waals surface area (Å²) >= 11 is -2.09. The fourth-order valence-electron chi connectivity index (χ4n) is 3.75. The largest absolute Gasteiger partial charge is 0.588 e. The lowest BCUT2D eigenvalue weighted by Crippen LogP contribution is -2.36. The van der Waals surface area contributed by atoms with E-state index in [4.69, 9.17) is 9.15 Å². The van der Waals surface area contributed by atoms with Crippen molar-refractivity contribution < 1.29 is 27.7 Å². The van der Waals surface area contributed by atoms with Crippen LogP contribution in [0.5, 0.6) is 5.75 Å². The number of carbonyl (C=O) groups excluding carboxylic acids is 2. The molecule has 1 aromatic heterocycles. The molecular weight excluding hydrogens is 485 g/mol. The molecule has 1 aliphatic rings. The summed E-state index contributed by atoms with van der Waals surface area (Å²) in [5.74, 6) is -1.45. The summed E-state index contributed by atoms with van der Waals surface area (Å²) < 4.78 is 41.0. The maximum absolute atomic E-state index is 14.6. The zero-order chi connectivity index (χ0) is 25.2. The van der Waals surface area contributed by atoms with E-state index in [9.17, 15) is 18.5 Å². The molecule has 0 bridgehead atoms. The highest BCUT2D eigenvalue weighted by Crippen LogP contribution is 2.31. The molecule has 1 unspecified atom stereocenters. The average molecular weight is 508 g/mol. The van der Waals surface area contributed by atoms with Crippen LogP contribution in [0.4, 0.5) is 20.6 Å². The monoisotopic (exact) mass is 507 g/mol. The van der Waals surface area contributed by atoms with Gasteiger partial charge in [-0.05, 0) is 36.8 Å². The van der Waals surface area contributed by atoms with Crippen molar-refractivity contribution in [2.45, 2.75) is 11.3 Å². The van der Waals surface area contributed by atoms with Gasteiger partial charge in [0.25, 0.3) is 0 Å². The fraction of sp³-hybridized carbons (Fsp3) is 0.154. The minimum Gasteiger partial charge on any atom is -0.588 e. The molecule has 5 rings (SSSR count). The summed E-state index contributed by atoms with van der Waals surface area (Å²) in [5.41, 5.74) is 1.53. The molecule has 2 heterocycles. The van der Waals surface area contributed by atoms with Gasteiger partial charge in [0.1, 0.15) is 22.8 Å². The van der Waals surface area contributed by atoms with Crippen LogP contribution in [0, 0.1) is 5.82 Å². The number of fused-ring (bicyclic) bond motifs is 1. The maximum atomic E-state index is 14.6. The Kier molecular flexibility index (Phi) is 6.53. The molecular formula is C26H22FN3O5S. The fourth-order valence-corrected chi connectivity index (χ4v) is 4.62. The molecule has 0 radical (unpaired) electrons. The molecule has 1 N–H and O–H groups in total. The van der Waals surface area contributed by atoms with Gasteiger partial charge in [0, 0.05) is 43.6 Å². The van der Waals surface area contributed by atoms with E-state index in [-0.39, 0.29) is 27.4 Å². The van der Waals surface area contributed by atoms with Gasteiger partial charge in [0.2, 0.25) is 4.90 Å². The third kappa shape index (κ3) is 4.73. The Bertz CT molecular complexity index is 1420. The van der Waals surface area contributed by atoms with Crippen LogP contribution in [0.2, 0.25) is 0 Å². The van der Waals surface area contributed by atoms with E-state index in [0.717, 1.165) is 19.5 Å². The van der Waals surface area contributed by atoms with Crippen molar-refractivity contribution in [3.63, 3.8) is 0 Å². The van der Waals surface area contributed by atoms with Gasteiger partial charge < -0.3 is 18.6 Å². The van der Waals surface area contributed by atoms with Crippen LogP contribution in [0.1, 0.15) is 17.0 Å². The lowest BCUT2D eigenvalue weighted by molar-refractivity contribution is 0.0956. The molecule has 2 amide bonds. The number of para-hydroxylation sites is 2. The molecule has 184 valence electrons. The predicted octanol–water partition coefficient (Wildman–Crippen LogP) is 4.87. The molecule has 1 atom stereocenters. The Labute approximate surface area is 209 Å². The quantitative estimate of drug-likeness (QED) is 0.374. The Morgan fingerprint density at radius 1 is 1.08 bits per heavy atom. The van der Waals surface area contributed by atoms with E-state index in [0.29, 0.717) is 11.4 Å². The van der Waals surface area contributed by atoms with E-state index in [1.165, 1.54) is 29.2 Å². The average Bonchev–Trinajstić information content (AvgIpc) is 3.28. The Balaban J connectivity index is 1.32. The highest BCUT2D eigenvalue weighted by Gasteiger charge is 2.26. The van der Waals surface area contributed by atoms with E-state index >= 15 is 0 Å². The molecule has 0 spiro atoms. The smallest absolute Gasteiger partial charge is 0.419 e. The van der Waals surface area contributed by atoms with Crippen molar-refractivity contribution in [3.8, 4) is 5.75 Å². The van der Waals surface area contributed by atoms with E-state index in [1.54, 1.807) is 49.5 Å². The number of amides is 2. The first-order chi connectivity index (χ1) is 17.4. The number of carbonyl (C=O) groups is 2. The standard InChI is InChI=1S/C26H22FN3O5S/c1-29(17-8-3-2-4-9-17)26(32)35-21-10-5-6-11-24(21)36(33)28-25(31)23-16-19-20(27)14-18(15-22(19)34-23)30-12-7-13-30/h2-6,8-11,14-16H,7,12-13H2,1H3,(H,28,31). The minimum absolute atomic E-state index is 0.0266. The van der Waals surface area contributed by atoms with Crippen LogP contribution in [0.15, 0.2) is 82.1 Å². The summed E-state index contributed by atoms with van der Waals surface area (Å²) in [7, 11) is 1.55. The number of hydrogen-bond acceptors (Lipinski definition) is 6. The van der Waals surface area contributed by atoms with Gasteiger partial charge in [-0.1, -0.05) is 30.3 Å². The number of benzene rings is 3. The molecule has 0 aliphatic carbocycles. The third-order valence-corrected chi connectivity index (χ3v) is 6.97. The minimum atomic E-state index is -2.09. The molecule has 1 aliphatic heterocycles. The molecule has 3 aromatic carbocycles. The van der Waals surface area contributed by atoms with Gasteiger partial charge in [-0.15, -0.1) is 0 Å². The molecule has 0 saturated carbocycles. The van der Waals surface area contributed by atoms with Crippen LogP contribution < -0.4 is 19.3 Å². The summed E-state index contributed by atoms with van der Waals surface area (Å²) in [5, 5.41) is 0.161. The SMILES string of the molecule is CN(C(=O)Oc1ccccc1[S+]([O-])NC(=O)c1cc2c(F)cc(N3CCC3)cc2o1)c1ccccc1. The van der Waals surface area contributed by atoms with E-state index < -0.39 is 29.2 Å². The first-order valence-corrected chi connectivity index (χ1v) is 12.4. The van der Waals surface area contributed by atoms with Crippen molar-refractivity contribution in [1.82, 2.24) is 4.72 Å². The topological polar surface area (TPSA) is 98.1 Å². The van der Waals surface area contributed by atoms with Gasteiger partial charge in [-0.2, -0.15) is 4.72 Å². The Morgan fingerprint density at radius 3 is 2.53 bits per heavy atom. The lowest BCUT2D eigenvalue weighted by atomic mass is 10.1. The summed E-state index contributed by atoms with van der Waals surface area (Å²) in [4.78, 5) is 28.8. The van der Waals surface area contributed by atoms with Crippen molar-refractivity contribution in [2.75, 3.05) is 29.9 Å². The molecule has 8 nitrogen and oxygen atoms in total. The van der Waals surface area contributed by atoms with Gasteiger partial charge in [-0.3, -0.25) is 9.69 Å². The first kappa shape index (κ1) is 23.7. The molecule has 1 saturated heterocycles. The number of nitrogens with zero attached hydrogens (tertiary/aromatic N) is 2. The summed E-state index contributed by atoms with van der Waals surface area (Å²) in [6, 6.07) is 19.4. The van der Waals surface area contributed by atoms with Gasteiger partial charge in [0.15, 0.2) is 11.5 Å². The van der Waals surface area contributed by atoms with E-state index in [2.05, 4.69) is 4.72 Å². The van der Waals surface area contributed by atoms with Crippen molar-refractivity contribution >= 4 is 45.7 Å². The van der Waals surface area contributed by atoms with Crippen LogP contribution in [-0.2, 0) is 11.4 Å². The van der Waals surface area contributed by atoms with Crippen LogP contribution in [-0.4, -0.2) is 36.7 Å². The predicted molar refractivity (Wildman–Crippen MR) is 134 cm³/mol. The van der Waals surface area contributed by atoms with Crippen LogP contribution in [0.25, 0.3) is 11.0 Å². The molecule has 4 aromatic rings. The van der Waals surface area contributed by atoms with Gasteiger partial charge in [-0.25, -0.2) is 9.18 Å². The number of anilines is 2. The zero-order valence-corrected chi connectivity index (χ0v) is 20.1. The molecule has 10 heteroatoms. The summed E-state index contributed by atoms with van der Waals surface area (Å²) in [6.45, 7) is 1.67. The number of nitrogens with one attached hydrogen (secondary N) is 1. The normalized spacial score (nSPS) is 13.7. The van der Waals surface area contributed by atoms with E-state index in [1.807, 2.05) is 11.0 Å². The second-order valence-corrected chi connectivity index (χ2v) is 9.38. The number of rotatable bonds is 6.